The van der Waals surface area contributed by atoms with Crippen LogP contribution in [0.2, 0.25) is 0 Å². The molecule has 7 heteroatoms. The van der Waals surface area contributed by atoms with Crippen LogP contribution in [0.25, 0.3) is 10.9 Å². The molecule has 0 bridgehead atoms. The van der Waals surface area contributed by atoms with Gasteiger partial charge in [-0.15, -0.1) is 0 Å². The zero-order valence-corrected chi connectivity index (χ0v) is 18.0. The predicted octanol–water partition coefficient (Wildman–Crippen LogP) is 3.41. The lowest BCUT2D eigenvalue weighted by molar-refractivity contribution is -0.142. The molecule has 0 fully saturated rings. The summed E-state index contributed by atoms with van der Waals surface area (Å²) in [7, 11) is 1.31. The van der Waals surface area contributed by atoms with Crippen molar-refractivity contribution in [2.24, 2.45) is 5.73 Å². The van der Waals surface area contributed by atoms with E-state index in [0.29, 0.717) is 24.3 Å². The van der Waals surface area contributed by atoms with Crippen molar-refractivity contribution in [3.8, 4) is 11.8 Å². The van der Waals surface area contributed by atoms with Crippen molar-refractivity contribution in [2.45, 2.75) is 38.1 Å². The summed E-state index contributed by atoms with van der Waals surface area (Å²) in [4.78, 5) is 24.1. The highest BCUT2D eigenvalue weighted by Crippen LogP contribution is 2.42. The predicted molar refractivity (Wildman–Crippen MR) is 119 cm³/mol. The summed E-state index contributed by atoms with van der Waals surface area (Å²) < 4.78 is 12.7. The quantitative estimate of drug-likeness (QED) is 0.475. The number of primary amides is 1. The average molecular weight is 431 g/mol. The van der Waals surface area contributed by atoms with Crippen molar-refractivity contribution in [3.63, 3.8) is 0 Å². The van der Waals surface area contributed by atoms with Gasteiger partial charge in [-0.3, -0.25) is 4.79 Å². The van der Waals surface area contributed by atoms with E-state index in [2.05, 4.69) is 10.6 Å². The molecule has 32 heavy (non-hydrogen) atoms. The molecule has 1 aliphatic carbocycles. The van der Waals surface area contributed by atoms with E-state index >= 15 is 0 Å². The summed E-state index contributed by atoms with van der Waals surface area (Å²) in [6.45, 7) is 0.328. The minimum absolute atomic E-state index is 0.221. The molecule has 3 aromatic rings. The lowest BCUT2D eigenvalue weighted by Crippen LogP contribution is -2.21. The number of nitriles is 1. The number of rotatable bonds is 6. The molecule has 1 aliphatic rings. The third-order valence-corrected chi connectivity index (χ3v) is 6.02. The number of fused-ring (bicyclic) bond motifs is 3. The molecule has 2 aromatic carbocycles. The van der Waals surface area contributed by atoms with Crippen molar-refractivity contribution in [3.05, 3.63) is 64.8 Å². The number of carbonyl (C=O) groups excluding carboxylic acids is 2. The molecule has 164 valence electrons. The van der Waals surface area contributed by atoms with Crippen molar-refractivity contribution in [1.29, 1.82) is 5.26 Å². The zero-order valence-electron chi connectivity index (χ0n) is 18.0. The van der Waals surface area contributed by atoms with Crippen molar-refractivity contribution in [1.82, 2.24) is 4.57 Å². The first-order valence-corrected chi connectivity index (χ1v) is 10.7. The van der Waals surface area contributed by atoms with Crippen LogP contribution in [0.4, 0.5) is 0 Å². The second-order valence-electron chi connectivity index (χ2n) is 7.97. The highest BCUT2D eigenvalue weighted by Gasteiger charge is 2.31. The Bertz CT molecular complexity index is 1220. The average Bonchev–Trinajstić information content (AvgIpc) is 2.96. The third kappa shape index (κ3) is 4.04. The fraction of sp³-hybridized carbons (Fsp3) is 0.320. The number of methoxy groups -OCH3 is 1. The lowest BCUT2D eigenvalue weighted by atomic mass is 9.92. The molecule has 0 radical (unpaired) electrons. The molecule has 1 atom stereocenters. The lowest BCUT2D eigenvalue weighted by Gasteiger charge is -2.14. The van der Waals surface area contributed by atoms with Gasteiger partial charge in [0.25, 0.3) is 0 Å². The minimum Gasteiger partial charge on any atom is -0.481 e. The maximum Gasteiger partial charge on any atom is 0.343 e. The monoisotopic (exact) mass is 431 g/mol. The van der Waals surface area contributed by atoms with Crippen LogP contribution in [0, 0.1) is 11.3 Å². The van der Waals surface area contributed by atoms with E-state index in [9.17, 15) is 14.9 Å². The first kappa shape index (κ1) is 21.4. The fourth-order valence-corrected chi connectivity index (χ4v) is 4.58. The van der Waals surface area contributed by atoms with E-state index in [1.54, 1.807) is 12.1 Å². The van der Waals surface area contributed by atoms with Gasteiger partial charge in [-0.2, -0.15) is 5.26 Å². The van der Waals surface area contributed by atoms with Crippen LogP contribution in [0.5, 0.6) is 5.75 Å². The Morgan fingerprint density at radius 2 is 2.03 bits per heavy atom. The van der Waals surface area contributed by atoms with Crippen LogP contribution < -0.4 is 10.5 Å². The van der Waals surface area contributed by atoms with Crippen LogP contribution in [0.15, 0.2) is 42.5 Å². The Hall–Kier alpha value is -3.79. The summed E-state index contributed by atoms with van der Waals surface area (Å²) in [5.41, 5.74) is 10.3. The van der Waals surface area contributed by atoms with Gasteiger partial charge in [0, 0.05) is 17.6 Å². The Labute approximate surface area is 186 Å². The van der Waals surface area contributed by atoms with Gasteiger partial charge in [-0.25, -0.2) is 4.79 Å². The van der Waals surface area contributed by atoms with Crippen molar-refractivity contribution >= 4 is 22.8 Å². The molecule has 1 heterocycles. The Balaban J connectivity index is 1.91. The number of carbonyl (C=O) groups is 2. The number of aromatic nitrogens is 1. The molecule has 1 unspecified atom stereocenters. The summed E-state index contributed by atoms with van der Waals surface area (Å²) in [5.74, 6) is -0.736. The van der Waals surface area contributed by atoms with Crippen molar-refractivity contribution < 1.29 is 19.1 Å². The van der Waals surface area contributed by atoms with E-state index in [1.807, 2.05) is 30.3 Å². The number of amides is 1. The Morgan fingerprint density at radius 3 is 2.78 bits per heavy atom. The maximum atomic E-state index is 12.5. The number of benzene rings is 2. The highest BCUT2D eigenvalue weighted by molar-refractivity contribution is 5.97. The number of esters is 1. The van der Waals surface area contributed by atoms with E-state index in [1.165, 1.54) is 7.11 Å². The van der Waals surface area contributed by atoms with Crippen LogP contribution in [0.1, 0.15) is 47.6 Å². The molecule has 0 saturated carbocycles. The van der Waals surface area contributed by atoms with Gasteiger partial charge in [0.15, 0.2) is 6.61 Å². The largest absolute Gasteiger partial charge is 0.481 e. The number of hydrogen-bond donors (Lipinski definition) is 1. The summed E-state index contributed by atoms with van der Waals surface area (Å²) in [6.07, 6.45) is 3.33. The molecular formula is C25H25N3O4. The molecular weight excluding hydrogens is 406 g/mol. The van der Waals surface area contributed by atoms with E-state index in [4.69, 9.17) is 15.2 Å². The van der Waals surface area contributed by atoms with Crippen LogP contribution in [-0.4, -0.2) is 30.2 Å². The third-order valence-electron chi connectivity index (χ3n) is 6.02. The number of ether oxygens (including phenoxy) is 2. The first-order chi connectivity index (χ1) is 15.5. The van der Waals surface area contributed by atoms with Crippen LogP contribution >= 0.6 is 0 Å². The molecule has 0 spiro atoms. The normalized spacial score (nSPS) is 15.4. The Morgan fingerprint density at radius 1 is 1.22 bits per heavy atom. The number of hydrogen-bond acceptors (Lipinski definition) is 5. The summed E-state index contributed by atoms with van der Waals surface area (Å²) in [5, 5.41) is 10.1. The Kier molecular flexibility index (Phi) is 6.13. The molecule has 1 amide bonds. The van der Waals surface area contributed by atoms with Gasteiger partial charge in [-0.05, 0) is 54.7 Å². The molecule has 1 aromatic heterocycles. The SMILES string of the molecule is COC(=O)COc1cccc2c1c1c(n2Cc2cccc(C#N)c2)CCCCC1C(N)=O. The maximum absolute atomic E-state index is 12.5. The number of nitrogens with two attached hydrogens (primary N) is 1. The minimum atomic E-state index is -0.479. The van der Waals surface area contributed by atoms with Crippen molar-refractivity contribution in [2.75, 3.05) is 13.7 Å². The second kappa shape index (κ2) is 9.15. The first-order valence-electron chi connectivity index (χ1n) is 10.7. The summed E-state index contributed by atoms with van der Waals surface area (Å²) in [6, 6.07) is 15.4. The molecule has 4 rings (SSSR count). The van der Waals surface area contributed by atoms with Gasteiger partial charge >= 0.3 is 5.97 Å². The standard InChI is InChI=1S/C25H25N3O4/c1-31-22(29)15-32-21-11-5-10-20-24(21)23-18(25(27)30)8-2-3-9-19(23)28(20)14-17-7-4-6-16(12-17)13-26/h4-7,10-12,18H,2-3,8-9,14-15H2,1H3,(H2,27,30). The molecule has 2 N–H and O–H groups in total. The van der Waals surface area contributed by atoms with Crippen LogP contribution in [-0.2, 0) is 27.3 Å². The zero-order chi connectivity index (χ0) is 22.7. The fourth-order valence-electron chi connectivity index (χ4n) is 4.58. The van der Waals surface area contributed by atoms with Gasteiger partial charge in [-0.1, -0.05) is 24.6 Å². The van der Waals surface area contributed by atoms with Gasteiger partial charge in [0.05, 0.1) is 30.2 Å². The van der Waals surface area contributed by atoms with Crippen LogP contribution in [0.3, 0.4) is 0 Å². The van der Waals surface area contributed by atoms with E-state index in [-0.39, 0.29) is 12.5 Å². The van der Waals surface area contributed by atoms with Gasteiger partial charge < -0.3 is 19.8 Å². The molecule has 0 aliphatic heterocycles. The second-order valence-corrected chi connectivity index (χ2v) is 7.97. The van der Waals surface area contributed by atoms with Gasteiger partial charge in [0.1, 0.15) is 5.75 Å². The highest BCUT2D eigenvalue weighted by atomic mass is 16.6. The molecule has 7 nitrogen and oxygen atoms in total. The molecule has 0 saturated heterocycles. The van der Waals surface area contributed by atoms with E-state index in [0.717, 1.165) is 47.0 Å². The number of nitrogens with zero attached hydrogens (tertiary/aromatic N) is 2. The van der Waals surface area contributed by atoms with Gasteiger partial charge in [0.2, 0.25) is 5.91 Å². The summed E-state index contributed by atoms with van der Waals surface area (Å²) >= 11 is 0. The topological polar surface area (TPSA) is 107 Å². The smallest absolute Gasteiger partial charge is 0.343 e. The van der Waals surface area contributed by atoms with E-state index < -0.39 is 11.9 Å².